The molecule has 0 saturated carbocycles. The van der Waals surface area contributed by atoms with Crippen molar-refractivity contribution in [2.75, 3.05) is 5.32 Å². The number of halogens is 1. The number of anilines is 1. The first-order chi connectivity index (χ1) is 8.56. The molecule has 0 aliphatic carbocycles. The average Bonchev–Trinajstić information content (AvgIpc) is 2.34. The van der Waals surface area contributed by atoms with E-state index in [1.54, 1.807) is 12.1 Å². The van der Waals surface area contributed by atoms with E-state index in [-0.39, 0.29) is 5.91 Å². The summed E-state index contributed by atoms with van der Waals surface area (Å²) < 4.78 is 0.964. The fourth-order valence-electron chi connectivity index (χ4n) is 1.67. The zero-order valence-electron chi connectivity index (χ0n) is 10.3. The minimum Gasteiger partial charge on any atom is -0.322 e. The molecule has 18 heavy (non-hydrogen) atoms. The summed E-state index contributed by atoms with van der Waals surface area (Å²) in [5.74, 6) is -0.0869. The predicted octanol–water partition coefficient (Wildman–Crippen LogP) is 4.32. The number of rotatable bonds is 2. The molecule has 0 aliphatic rings. The lowest BCUT2D eigenvalue weighted by Gasteiger charge is -2.09. The average molecular weight is 304 g/mol. The van der Waals surface area contributed by atoms with Crippen molar-refractivity contribution in [1.29, 1.82) is 0 Å². The van der Waals surface area contributed by atoms with Crippen LogP contribution in [0.4, 0.5) is 5.69 Å². The standard InChI is InChI=1S/C15H14BrNO/c1-10-3-4-11(2)14(9-10)17-15(18)12-5-7-13(16)8-6-12/h3-9H,1-2H3,(H,17,18). The smallest absolute Gasteiger partial charge is 0.255 e. The highest BCUT2D eigenvalue weighted by molar-refractivity contribution is 9.10. The van der Waals surface area contributed by atoms with Gasteiger partial charge in [0, 0.05) is 15.7 Å². The SMILES string of the molecule is Cc1ccc(C)c(NC(=O)c2ccc(Br)cc2)c1. The molecule has 92 valence electrons. The number of carbonyl (C=O) groups excluding carboxylic acids is 1. The lowest BCUT2D eigenvalue weighted by Crippen LogP contribution is -2.12. The van der Waals surface area contributed by atoms with Crippen molar-refractivity contribution in [2.24, 2.45) is 0 Å². The van der Waals surface area contributed by atoms with Crippen LogP contribution in [0.25, 0.3) is 0 Å². The van der Waals surface area contributed by atoms with Crippen molar-refractivity contribution in [2.45, 2.75) is 13.8 Å². The van der Waals surface area contributed by atoms with Crippen molar-refractivity contribution >= 4 is 27.5 Å². The summed E-state index contributed by atoms with van der Waals surface area (Å²) in [6, 6.07) is 13.3. The molecule has 1 N–H and O–H groups in total. The van der Waals surface area contributed by atoms with Crippen LogP contribution < -0.4 is 5.32 Å². The molecule has 0 bridgehead atoms. The number of aryl methyl sites for hydroxylation is 2. The molecule has 0 atom stereocenters. The van der Waals surface area contributed by atoms with E-state index in [1.807, 2.05) is 44.2 Å². The Kier molecular flexibility index (Phi) is 3.82. The second kappa shape index (κ2) is 5.36. The highest BCUT2D eigenvalue weighted by Gasteiger charge is 2.07. The van der Waals surface area contributed by atoms with Gasteiger partial charge in [-0.25, -0.2) is 0 Å². The van der Waals surface area contributed by atoms with Gasteiger partial charge in [-0.05, 0) is 55.3 Å². The first kappa shape index (κ1) is 12.8. The highest BCUT2D eigenvalue weighted by atomic mass is 79.9. The Morgan fingerprint density at radius 1 is 1.06 bits per heavy atom. The minimum atomic E-state index is -0.0869. The van der Waals surface area contributed by atoms with E-state index in [2.05, 4.69) is 21.2 Å². The molecule has 0 fully saturated rings. The van der Waals surface area contributed by atoms with E-state index < -0.39 is 0 Å². The van der Waals surface area contributed by atoms with Gasteiger partial charge in [-0.2, -0.15) is 0 Å². The molecule has 3 heteroatoms. The summed E-state index contributed by atoms with van der Waals surface area (Å²) in [6.45, 7) is 3.99. The Hall–Kier alpha value is -1.61. The molecular formula is C15H14BrNO. The molecule has 0 radical (unpaired) electrons. The second-order valence-electron chi connectivity index (χ2n) is 4.28. The van der Waals surface area contributed by atoms with Crippen molar-refractivity contribution < 1.29 is 4.79 Å². The van der Waals surface area contributed by atoms with Crippen LogP contribution in [0, 0.1) is 13.8 Å². The van der Waals surface area contributed by atoms with Gasteiger partial charge in [0.1, 0.15) is 0 Å². The Morgan fingerprint density at radius 2 is 1.72 bits per heavy atom. The van der Waals surface area contributed by atoms with Crippen molar-refractivity contribution in [3.63, 3.8) is 0 Å². The van der Waals surface area contributed by atoms with Gasteiger partial charge in [-0.3, -0.25) is 4.79 Å². The number of hydrogen-bond donors (Lipinski definition) is 1. The Bertz CT molecular complexity index is 576. The van der Waals surface area contributed by atoms with Gasteiger partial charge in [0.05, 0.1) is 0 Å². The lowest BCUT2D eigenvalue weighted by molar-refractivity contribution is 0.102. The lowest BCUT2D eigenvalue weighted by atomic mass is 10.1. The van der Waals surface area contributed by atoms with Crippen LogP contribution in [0.3, 0.4) is 0 Å². The van der Waals surface area contributed by atoms with Gasteiger partial charge in [-0.1, -0.05) is 28.1 Å². The third kappa shape index (κ3) is 2.99. The van der Waals surface area contributed by atoms with E-state index >= 15 is 0 Å². The molecular weight excluding hydrogens is 290 g/mol. The van der Waals surface area contributed by atoms with Crippen LogP contribution in [0.15, 0.2) is 46.9 Å². The normalized spacial score (nSPS) is 10.2. The van der Waals surface area contributed by atoms with E-state index in [1.165, 1.54) is 0 Å². The molecule has 2 rings (SSSR count). The van der Waals surface area contributed by atoms with Crippen LogP contribution in [0.1, 0.15) is 21.5 Å². The van der Waals surface area contributed by atoms with E-state index in [9.17, 15) is 4.79 Å². The van der Waals surface area contributed by atoms with Crippen molar-refractivity contribution in [3.05, 3.63) is 63.6 Å². The van der Waals surface area contributed by atoms with E-state index in [0.29, 0.717) is 5.56 Å². The van der Waals surface area contributed by atoms with Crippen LogP contribution in [0.5, 0.6) is 0 Å². The van der Waals surface area contributed by atoms with Gasteiger partial charge >= 0.3 is 0 Å². The third-order valence-corrected chi connectivity index (χ3v) is 3.28. The summed E-state index contributed by atoms with van der Waals surface area (Å²) in [6.07, 6.45) is 0. The molecule has 0 aromatic heterocycles. The maximum absolute atomic E-state index is 12.1. The van der Waals surface area contributed by atoms with E-state index in [4.69, 9.17) is 0 Å². The van der Waals surface area contributed by atoms with Gasteiger partial charge in [-0.15, -0.1) is 0 Å². The first-order valence-electron chi connectivity index (χ1n) is 5.70. The van der Waals surface area contributed by atoms with Crippen LogP contribution in [-0.2, 0) is 0 Å². The predicted molar refractivity (Wildman–Crippen MR) is 78.0 cm³/mol. The summed E-state index contributed by atoms with van der Waals surface area (Å²) in [5, 5.41) is 2.93. The number of carbonyl (C=O) groups is 1. The fraction of sp³-hybridized carbons (Fsp3) is 0.133. The summed E-state index contributed by atoms with van der Waals surface area (Å²) >= 11 is 3.35. The zero-order valence-corrected chi connectivity index (χ0v) is 11.9. The van der Waals surface area contributed by atoms with Crippen molar-refractivity contribution in [3.8, 4) is 0 Å². The highest BCUT2D eigenvalue weighted by Crippen LogP contribution is 2.18. The van der Waals surface area contributed by atoms with Crippen LogP contribution in [0.2, 0.25) is 0 Å². The van der Waals surface area contributed by atoms with Crippen LogP contribution in [-0.4, -0.2) is 5.91 Å². The van der Waals surface area contributed by atoms with Gasteiger partial charge in [0.15, 0.2) is 0 Å². The third-order valence-electron chi connectivity index (χ3n) is 2.75. The molecule has 2 aromatic carbocycles. The molecule has 0 saturated heterocycles. The Morgan fingerprint density at radius 3 is 2.39 bits per heavy atom. The second-order valence-corrected chi connectivity index (χ2v) is 5.20. The summed E-state index contributed by atoms with van der Waals surface area (Å²) in [4.78, 5) is 12.1. The molecule has 0 aliphatic heterocycles. The molecule has 1 amide bonds. The number of amides is 1. The molecule has 0 spiro atoms. The van der Waals surface area contributed by atoms with Gasteiger partial charge < -0.3 is 5.32 Å². The monoisotopic (exact) mass is 303 g/mol. The summed E-state index contributed by atoms with van der Waals surface area (Å²) in [5.41, 5.74) is 3.71. The maximum atomic E-state index is 12.1. The zero-order chi connectivity index (χ0) is 13.1. The largest absolute Gasteiger partial charge is 0.322 e. The Labute approximate surface area is 115 Å². The molecule has 2 aromatic rings. The molecule has 2 nitrogen and oxygen atoms in total. The van der Waals surface area contributed by atoms with Crippen molar-refractivity contribution in [1.82, 2.24) is 0 Å². The van der Waals surface area contributed by atoms with Gasteiger partial charge in [0.25, 0.3) is 5.91 Å². The first-order valence-corrected chi connectivity index (χ1v) is 6.50. The Balaban J connectivity index is 2.21. The topological polar surface area (TPSA) is 29.1 Å². The minimum absolute atomic E-state index is 0.0869. The number of hydrogen-bond acceptors (Lipinski definition) is 1. The molecule has 0 heterocycles. The number of nitrogens with one attached hydrogen (secondary N) is 1. The fourth-order valence-corrected chi connectivity index (χ4v) is 1.93. The maximum Gasteiger partial charge on any atom is 0.255 e. The van der Waals surface area contributed by atoms with E-state index in [0.717, 1.165) is 21.3 Å². The molecule has 0 unspecified atom stereocenters. The van der Waals surface area contributed by atoms with Gasteiger partial charge in [0.2, 0.25) is 0 Å². The van der Waals surface area contributed by atoms with Crippen LogP contribution >= 0.6 is 15.9 Å². The summed E-state index contributed by atoms with van der Waals surface area (Å²) in [7, 11) is 0. The number of benzene rings is 2. The quantitative estimate of drug-likeness (QED) is 0.879.